The van der Waals surface area contributed by atoms with Crippen molar-refractivity contribution in [3.8, 4) is 0 Å². The highest BCUT2D eigenvalue weighted by Gasteiger charge is 2.14. The smallest absolute Gasteiger partial charge is 0.271 e. The van der Waals surface area contributed by atoms with E-state index in [2.05, 4.69) is 15.7 Å². The van der Waals surface area contributed by atoms with Crippen molar-refractivity contribution in [3.63, 3.8) is 0 Å². The van der Waals surface area contributed by atoms with E-state index in [9.17, 15) is 14.0 Å². The molecular formula is C21H21FN4O2. The van der Waals surface area contributed by atoms with Gasteiger partial charge in [-0.1, -0.05) is 48.5 Å². The zero-order chi connectivity index (χ0) is 19.9. The first kappa shape index (κ1) is 19.3. The van der Waals surface area contributed by atoms with Gasteiger partial charge >= 0.3 is 0 Å². The molecule has 144 valence electrons. The van der Waals surface area contributed by atoms with Crippen molar-refractivity contribution in [2.45, 2.75) is 12.8 Å². The van der Waals surface area contributed by atoms with Crippen LogP contribution in [0.5, 0.6) is 0 Å². The highest BCUT2D eigenvalue weighted by Crippen LogP contribution is 2.11. The number of amides is 2. The average molecular weight is 380 g/mol. The van der Waals surface area contributed by atoms with Gasteiger partial charge in [0.15, 0.2) is 5.69 Å². The number of nitrogens with zero attached hydrogens (tertiary/aromatic N) is 2. The molecule has 0 fully saturated rings. The predicted molar refractivity (Wildman–Crippen MR) is 104 cm³/mol. The number of nitrogens with one attached hydrogen (secondary N) is 2. The van der Waals surface area contributed by atoms with Crippen LogP contribution in [0.15, 0.2) is 60.7 Å². The minimum absolute atomic E-state index is 0.186. The quantitative estimate of drug-likeness (QED) is 0.662. The number of benzene rings is 2. The van der Waals surface area contributed by atoms with E-state index in [4.69, 9.17) is 0 Å². The van der Waals surface area contributed by atoms with Crippen LogP contribution >= 0.6 is 0 Å². The highest BCUT2D eigenvalue weighted by molar-refractivity contribution is 5.95. The first-order chi connectivity index (χ1) is 13.5. The van der Waals surface area contributed by atoms with Crippen LogP contribution < -0.4 is 10.6 Å². The number of anilines is 1. The minimum Gasteiger partial charge on any atom is -0.350 e. The molecule has 2 amide bonds. The summed E-state index contributed by atoms with van der Waals surface area (Å²) in [4.78, 5) is 24.5. The summed E-state index contributed by atoms with van der Waals surface area (Å²) in [5.74, 6) is -0.436. The van der Waals surface area contributed by atoms with Gasteiger partial charge in [0, 0.05) is 19.7 Å². The Morgan fingerprint density at radius 3 is 2.54 bits per heavy atom. The van der Waals surface area contributed by atoms with Crippen LogP contribution in [0.2, 0.25) is 0 Å². The van der Waals surface area contributed by atoms with E-state index < -0.39 is 0 Å². The summed E-state index contributed by atoms with van der Waals surface area (Å²) in [6.45, 7) is 0.284. The zero-order valence-electron chi connectivity index (χ0n) is 15.5. The van der Waals surface area contributed by atoms with Crippen LogP contribution in [-0.2, 0) is 24.7 Å². The van der Waals surface area contributed by atoms with Crippen molar-refractivity contribution in [2.75, 3.05) is 11.9 Å². The molecule has 1 aromatic heterocycles. The van der Waals surface area contributed by atoms with E-state index in [-0.39, 0.29) is 36.3 Å². The molecule has 0 saturated carbocycles. The van der Waals surface area contributed by atoms with Crippen molar-refractivity contribution in [3.05, 3.63) is 83.3 Å². The van der Waals surface area contributed by atoms with Crippen molar-refractivity contribution >= 4 is 17.6 Å². The largest absolute Gasteiger partial charge is 0.350 e. The molecular weight excluding hydrogens is 359 g/mol. The second-order valence-corrected chi connectivity index (χ2v) is 6.35. The molecule has 0 aliphatic carbocycles. The number of carbonyl (C=O) groups is 2. The van der Waals surface area contributed by atoms with Crippen LogP contribution in [0.25, 0.3) is 0 Å². The van der Waals surface area contributed by atoms with Crippen molar-refractivity contribution in [1.29, 1.82) is 0 Å². The minimum atomic E-state index is -0.379. The normalized spacial score (nSPS) is 10.5. The summed E-state index contributed by atoms with van der Waals surface area (Å²) in [5, 5.41) is 9.60. The second kappa shape index (κ2) is 8.94. The standard InChI is InChI=1S/C21H21FN4O2/c1-26-19(24-20(27)13-15-7-3-2-4-8-15)14-18(25-26)21(28)23-12-11-16-9-5-6-10-17(16)22/h2-10,14H,11-13H2,1H3,(H,23,28)(H,24,27). The summed E-state index contributed by atoms with van der Waals surface area (Å²) in [6.07, 6.45) is 0.613. The molecule has 0 spiro atoms. The number of halogens is 1. The topological polar surface area (TPSA) is 76.0 Å². The van der Waals surface area contributed by atoms with Gasteiger partial charge in [-0.15, -0.1) is 0 Å². The fourth-order valence-corrected chi connectivity index (χ4v) is 2.77. The molecule has 0 unspecified atom stereocenters. The van der Waals surface area contributed by atoms with E-state index >= 15 is 0 Å². The molecule has 0 saturated heterocycles. The van der Waals surface area contributed by atoms with E-state index in [1.54, 1.807) is 25.2 Å². The van der Waals surface area contributed by atoms with E-state index in [1.165, 1.54) is 16.8 Å². The maximum atomic E-state index is 13.6. The van der Waals surface area contributed by atoms with E-state index in [1.807, 2.05) is 30.3 Å². The van der Waals surface area contributed by atoms with Gasteiger partial charge in [0.1, 0.15) is 11.6 Å². The summed E-state index contributed by atoms with van der Waals surface area (Å²) in [7, 11) is 1.65. The molecule has 0 bridgehead atoms. The number of aryl methyl sites for hydroxylation is 1. The number of carbonyl (C=O) groups excluding carboxylic acids is 2. The van der Waals surface area contributed by atoms with Gasteiger partial charge in [-0.05, 0) is 23.6 Å². The Morgan fingerprint density at radius 2 is 1.79 bits per heavy atom. The molecule has 7 heteroatoms. The van der Waals surface area contributed by atoms with Crippen LogP contribution in [0, 0.1) is 5.82 Å². The Hall–Kier alpha value is -3.48. The Labute approximate surface area is 162 Å². The molecule has 0 aliphatic heterocycles. The van der Waals surface area contributed by atoms with Gasteiger partial charge in [0.25, 0.3) is 5.91 Å². The van der Waals surface area contributed by atoms with Crippen molar-refractivity contribution < 1.29 is 14.0 Å². The van der Waals surface area contributed by atoms with Crippen molar-refractivity contribution in [2.24, 2.45) is 7.05 Å². The third-order valence-corrected chi connectivity index (χ3v) is 4.23. The number of hydrogen-bond donors (Lipinski definition) is 2. The number of rotatable bonds is 7. The lowest BCUT2D eigenvalue weighted by Crippen LogP contribution is -2.26. The van der Waals surface area contributed by atoms with Crippen LogP contribution in [0.3, 0.4) is 0 Å². The Balaban J connectivity index is 1.54. The Bertz CT molecular complexity index is 970. The maximum absolute atomic E-state index is 13.6. The number of aromatic nitrogens is 2. The SMILES string of the molecule is Cn1nc(C(=O)NCCc2ccccc2F)cc1NC(=O)Cc1ccccc1. The molecule has 3 aromatic rings. The summed E-state index contributed by atoms with van der Waals surface area (Å²) in [5.41, 5.74) is 1.62. The highest BCUT2D eigenvalue weighted by atomic mass is 19.1. The Morgan fingerprint density at radius 1 is 1.07 bits per heavy atom. The molecule has 0 aliphatic rings. The summed E-state index contributed by atoms with van der Waals surface area (Å²) in [6, 6.07) is 17.3. The van der Waals surface area contributed by atoms with Gasteiger partial charge in [0.2, 0.25) is 5.91 Å². The van der Waals surface area contributed by atoms with Gasteiger partial charge in [0.05, 0.1) is 6.42 Å². The molecule has 2 aromatic carbocycles. The van der Waals surface area contributed by atoms with Crippen LogP contribution in [0.1, 0.15) is 21.6 Å². The molecule has 28 heavy (non-hydrogen) atoms. The fourth-order valence-electron chi connectivity index (χ4n) is 2.77. The third-order valence-electron chi connectivity index (χ3n) is 4.23. The van der Waals surface area contributed by atoms with E-state index in [0.717, 1.165) is 5.56 Å². The van der Waals surface area contributed by atoms with Crippen molar-refractivity contribution in [1.82, 2.24) is 15.1 Å². The zero-order valence-corrected chi connectivity index (χ0v) is 15.5. The van der Waals surface area contributed by atoms with Gasteiger partial charge < -0.3 is 10.6 Å². The third kappa shape index (κ3) is 5.03. The van der Waals surface area contributed by atoms with Gasteiger partial charge in [-0.2, -0.15) is 5.10 Å². The average Bonchev–Trinajstić information content (AvgIpc) is 3.04. The first-order valence-corrected chi connectivity index (χ1v) is 8.92. The maximum Gasteiger partial charge on any atom is 0.271 e. The van der Waals surface area contributed by atoms with Gasteiger partial charge in [-0.3, -0.25) is 14.3 Å². The first-order valence-electron chi connectivity index (χ1n) is 8.92. The summed E-state index contributed by atoms with van der Waals surface area (Å²) < 4.78 is 15.0. The summed E-state index contributed by atoms with van der Waals surface area (Å²) >= 11 is 0. The molecule has 3 rings (SSSR count). The van der Waals surface area contributed by atoms with Gasteiger partial charge in [-0.25, -0.2) is 4.39 Å². The lowest BCUT2D eigenvalue weighted by Gasteiger charge is -2.04. The lowest BCUT2D eigenvalue weighted by atomic mass is 10.1. The molecule has 6 nitrogen and oxygen atoms in total. The molecule has 0 atom stereocenters. The number of hydrogen-bond acceptors (Lipinski definition) is 3. The van der Waals surface area contributed by atoms with Crippen LogP contribution in [0.4, 0.5) is 10.2 Å². The second-order valence-electron chi connectivity index (χ2n) is 6.35. The Kier molecular flexibility index (Phi) is 6.16. The molecule has 2 N–H and O–H groups in total. The molecule has 1 heterocycles. The molecule has 0 radical (unpaired) electrons. The predicted octanol–water partition coefficient (Wildman–Crippen LogP) is 2.71. The van der Waals surface area contributed by atoms with E-state index in [0.29, 0.717) is 17.8 Å². The lowest BCUT2D eigenvalue weighted by molar-refractivity contribution is -0.115. The van der Waals surface area contributed by atoms with Crippen LogP contribution in [-0.4, -0.2) is 28.1 Å². The monoisotopic (exact) mass is 380 g/mol. The fraction of sp³-hybridized carbons (Fsp3) is 0.190.